The van der Waals surface area contributed by atoms with E-state index in [2.05, 4.69) is 0 Å². The summed E-state index contributed by atoms with van der Waals surface area (Å²) in [6.45, 7) is 0. The van der Waals surface area contributed by atoms with Crippen LogP contribution in [-0.4, -0.2) is 30.9 Å². The third-order valence-electron chi connectivity index (χ3n) is 4.51. The van der Waals surface area contributed by atoms with Gasteiger partial charge in [-0.1, -0.05) is 12.1 Å². The standard InChI is InChI=1S/C24H19NO7/c1-30-20-11-7-17(8-12-20)21(26)13-3-16-4-14-22(23(15-16)31-2)32-24(27)18-5-9-19(10-6-18)25(28)29/h3-15H,1-2H3. The van der Waals surface area contributed by atoms with Crippen LogP contribution < -0.4 is 14.2 Å². The van der Waals surface area contributed by atoms with Crippen molar-refractivity contribution in [2.24, 2.45) is 0 Å². The lowest BCUT2D eigenvalue weighted by molar-refractivity contribution is -0.384. The number of carbonyl (C=O) groups excluding carboxylic acids is 2. The Kier molecular flexibility index (Phi) is 6.97. The predicted molar refractivity (Wildman–Crippen MR) is 117 cm³/mol. The molecule has 0 atom stereocenters. The molecule has 0 amide bonds. The number of rotatable bonds is 8. The van der Waals surface area contributed by atoms with Gasteiger partial charge >= 0.3 is 5.97 Å². The van der Waals surface area contributed by atoms with Gasteiger partial charge in [0, 0.05) is 17.7 Å². The third-order valence-corrected chi connectivity index (χ3v) is 4.51. The number of allylic oxidation sites excluding steroid dienone is 1. The van der Waals surface area contributed by atoms with Crippen molar-refractivity contribution in [3.8, 4) is 17.2 Å². The van der Waals surface area contributed by atoms with Crippen LogP contribution in [0.15, 0.2) is 72.8 Å². The average molecular weight is 433 g/mol. The van der Waals surface area contributed by atoms with Crippen LogP contribution in [0.3, 0.4) is 0 Å². The molecule has 162 valence electrons. The number of ketones is 1. The number of esters is 1. The van der Waals surface area contributed by atoms with Crippen molar-refractivity contribution in [2.75, 3.05) is 14.2 Å². The summed E-state index contributed by atoms with van der Waals surface area (Å²) in [6, 6.07) is 16.7. The fraction of sp³-hybridized carbons (Fsp3) is 0.0833. The highest BCUT2D eigenvalue weighted by molar-refractivity contribution is 6.06. The number of nitrogens with zero attached hydrogens (tertiary/aromatic N) is 1. The zero-order valence-corrected chi connectivity index (χ0v) is 17.3. The quantitative estimate of drug-likeness (QED) is 0.126. The predicted octanol–water partition coefficient (Wildman–Crippen LogP) is 4.73. The Hall–Kier alpha value is -4.46. The number of ether oxygens (including phenoxy) is 3. The van der Waals surface area contributed by atoms with Gasteiger partial charge in [-0.05, 0) is 60.2 Å². The molecule has 0 heterocycles. The maximum Gasteiger partial charge on any atom is 0.343 e. The second-order valence-electron chi connectivity index (χ2n) is 6.53. The Morgan fingerprint density at radius 2 is 1.50 bits per heavy atom. The second kappa shape index (κ2) is 10.0. The minimum absolute atomic E-state index is 0.126. The minimum atomic E-state index is -0.684. The van der Waals surface area contributed by atoms with E-state index >= 15 is 0 Å². The molecule has 32 heavy (non-hydrogen) atoms. The van der Waals surface area contributed by atoms with E-state index in [1.807, 2.05) is 0 Å². The molecule has 0 N–H and O–H groups in total. The van der Waals surface area contributed by atoms with Gasteiger partial charge in [0.15, 0.2) is 17.3 Å². The van der Waals surface area contributed by atoms with Crippen LogP contribution in [0.25, 0.3) is 6.08 Å². The van der Waals surface area contributed by atoms with Crippen LogP contribution in [0.2, 0.25) is 0 Å². The van der Waals surface area contributed by atoms with E-state index < -0.39 is 10.9 Å². The zero-order chi connectivity index (χ0) is 23.1. The Balaban J connectivity index is 1.72. The van der Waals surface area contributed by atoms with Gasteiger partial charge < -0.3 is 14.2 Å². The topological polar surface area (TPSA) is 105 Å². The highest BCUT2D eigenvalue weighted by atomic mass is 16.6. The summed E-state index contributed by atoms with van der Waals surface area (Å²) in [5, 5.41) is 10.7. The first-order valence-electron chi connectivity index (χ1n) is 9.42. The van der Waals surface area contributed by atoms with Gasteiger partial charge in [0.1, 0.15) is 5.75 Å². The van der Waals surface area contributed by atoms with Gasteiger partial charge in [0.25, 0.3) is 5.69 Å². The molecule has 0 radical (unpaired) electrons. The Labute approximate surface area is 183 Å². The molecule has 0 unspecified atom stereocenters. The van der Waals surface area contributed by atoms with Crippen LogP contribution >= 0.6 is 0 Å². The minimum Gasteiger partial charge on any atom is -0.497 e. The number of carbonyl (C=O) groups is 2. The summed E-state index contributed by atoms with van der Waals surface area (Å²) in [4.78, 5) is 34.9. The molecule has 0 spiro atoms. The van der Waals surface area contributed by atoms with Gasteiger partial charge in [-0.25, -0.2) is 4.79 Å². The molecule has 0 saturated carbocycles. The monoisotopic (exact) mass is 433 g/mol. The van der Waals surface area contributed by atoms with E-state index in [1.165, 1.54) is 37.5 Å². The van der Waals surface area contributed by atoms with Crippen LogP contribution in [0.4, 0.5) is 5.69 Å². The molecule has 0 aliphatic carbocycles. The molecule has 8 nitrogen and oxygen atoms in total. The van der Waals surface area contributed by atoms with E-state index in [4.69, 9.17) is 14.2 Å². The molecule has 8 heteroatoms. The van der Waals surface area contributed by atoms with Crippen molar-refractivity contribution in [3.63, 3.8) is 0 Å². The van der Waals surface area contributed by atoms with E-state index in [0.29, 0.717) is 22.6 Å². The molecule has 0 bridgehead atoms. The summed E-state index contributed by atoms with van der Waals surface area (Å²) in [6.07, 6.45) is 3.05. The first-order chi connectivity index (χ1) is 15.4. The molecule has 3 aromatic carbocycles. The third kappa shape index (κ3) is 5.37. The number of benzene rings is 3. The molecule has 0 aliphatic rings. The number of non-ortho nitro benzene ring substituents is 1. The molecule has 0 aromatic heterocycles. The van der Waals surface area contributed by atoms with Crippen molar-refractivity contribution in [2.45, 2.75) is 0 Å². The highest BCUT2D eigenvalue weighted by Gasteiger charge is 2.14. The number of methoxy groups -OCH3 is 2. The van der Waals surface area contributed by atoms with Crippen molar-refractivity contribution >= 4 is 23.5 Å². The van der Waals surface area contributed by atoms with Crippen LogP contribution in [-0.2, 0) is 0 Å². The summed E-state index contributed by atoms with van der Waals surface area (Å²) in [5.74, 6) is 0.263. The van der Waals surface area contributed by atoms with Gasteiger partial charge in [0.05, 0.1) is 24.7 Å². The molecule has 3 aromatic rings. The molecule has 0 aliphatic heterocycles. The van der Waals surface area contributed by atoms with Gasteiger partial charge in [0.2, 0.25) is 0 Å². The average Bonchev–Trinajstić information content (AvgIpc) is 2.83. The lowest BCUT2D eigenvalue weighted by Crippen LogP contribution is -2.09. The first kappa shape index (κ1) is 22.2. The van der Waals surface area contributed by atoms with Crippen LogP contribution in [0.1, 0.15) is 26.3 Å². The molecule has 3 rings (SSSR count). The molecule has 0 fully saturated rings. The van der Waals surface area contributed by atoms with Crippen molar-refractivity contribution in [3.05, 3.63) is 99.6 Å². The first-order valence-corrected chi connectivity index (χ1v) is 9.42. The fourth-order valence-corrected chi connectivity index (χ4v) is 2.77. The SMILES string of the molecule is COc1ccc(C(=O)C=Cc2ccc(OC(=O)c3ccc([N+](=O)[O-])cc3)c(OC)c2)cc1. The maximum absolute atomic E-state index is 12.4. The van der Waals surface area contributed by atoms with E-state index in [1.54, 1.807) is 55.7 Å². The second-order valence-corrected chi connectivity index (χ2v) is 6.53. The van der Waals surface area contributed by atoms with Gasteiger partial charge in [-0.15, -0.1) is 0 Å². The largest absolute Gasteiger partial charge is 0.497 e. The summed E-state index contributed by atoms with van der Waals surface area (Å²) >= 11 is 0. The molecular weight excluding hydrogens is 414 g/mol. The van der Waals surface area contributed by atoms with E-state index in [-0.39, 0.29) is 22.8 Å². The van der Waals surface area contributed by atoms with Crippen LogP contribution in [0, 0.1) is 10.1 Å². The smallest absolute Gasteiger partial charge is 0.343 e. The van der Waals surface area contributed by atoms with Gasteiger partial charge in [-0.2, -0.15) is 0 Å². The highest BCUT2D eigenvalue weighted by Crippen LogP contribution is 2.29. The lowest BCUT2D eigenvalue weighted by Gasteiger charge is -2.10. The van der Waals surface area contributed by atoms with Crippen LogP contribution in [0.5, 0.6) is 17.2 Å². The summed E-state index contributed by atoms with van der Waals surface area (Å²) in [5.41, 5.74) is 1.22. The maximum atomic E-state index is 12.4. The summed E-state index contributed by atoms with van der Waals surface area (Å²) in [7, 11) is 2.98. The van der Waals surface area contributed by atoms with Crippen molar-refractivity contribution < 1.29 is 28.7 Å². The van der Waals surface area contributed by atoms with E-state index in [0.717, 1.165) is 0 Å². The molecule has 0 saturated heterocycles. The van der Waals surface area contributed by atoms with E-state index in [9.17, 15) is 19.7 Å². The lowest BCUT2D eigenvalue weighted by atomic mass is 10.1. The summed E-state index contributed by atoms with van der Waals surface area (Å²) < 4.78 is 15.7. The van der Waals surface area contributed by atoms with Crippen molar-refractivity contribution in [1.29, 1.82) is 0 Å². The normalized spacial score (nSPS) is 10.6. The number of hydrogen-bond donors (Lipinski definition) is 0. The Morgan fingerprint density at radius 3 is 2.09 bits per heavy atom. The Morgan fingerprint density at radius 1 is 0.844 bits per heavy atom. The Bertz CT molecular complexity index is 1170. The number of hydrogen-bond acceptors (Lipinski definition) is 7. The van der Waals surface area contributed by atoms with Crippen molar-refractivity contribution in [1.82, 2.24) is 0 Å². The fourth-order valence-electron chi connectivity index (χ4n) is 2.77. The number of nitro groups is 1. The zero-order valence-electron chi connectivity index (χ0n) is 17.3. The number of nitro benzene ring substituents is 1. The molecular formula is C24H19NO7. The van der Waals surface area contributed by atoms with Gasteiger partial charge in [-0.3, -0.25) is 14.9 Å².